The van der Waals surface area contributed by atoms with Crippen molar-refractivity contribution in [2.24, 2.45) is 0 Å². The van der Waals surface area contributed by atoms with E-state index in [4.69, 9.17) is 16.3 Å². The number of amides is 1. The number of hydrogen-bond acceptors (Lipinski definition) is 6. The van der Waals surface area contributed by atoms with Gasteiger partial charge in [0.25, 0.3) is 0 Å². The number of carbonyl (C=O) groups excluding carboxylic acids is 1. The molecular weight excluding hydrogens is 414 g/mol. The first-order chi connectivity index (χ1) is 13.5. The van der Waals surface area contributed by atoms with E-state index in [2.05, 4.69) is 9.88 Å². The fourth-order valence-corrected chi connectivity index (χ4v) is 4.58. The number of fused-ring (bicyclic) bond motifs is 1. The summed E-state index contributed by atoms with van der Waals surface area (Å²) in [5.41, 5.74) is 0.856. The molecule has 0 atom stereocenters. The Kier molecular flexibility index (Phi) is 7.18. The third-order valence-electron chi connectivity index (χ3n) is 4.06. The summed E-state index contributed by atoms with van der Waals surface area (Å²) in [7, 11) is 5.62. The zero-order chi connectivity index (χ0) is 20.1. The van der Waals surface area contributed by atoms with Crippen LogP contribution in [0.2, 0.25) is 5.02 Å². The van der Waals surface area contributed by atoms with Crippen LogP contribution in [-0.4, -0.2) is 55.8 Å². The molecule has 0 saturated heterocycles. The van der Waals surface area contributed by atoms with E-state index in [1.54, 1.807) is 12.0 Å². The van der Waals surface area contributed by atoms with Gasteiger partial charge in [-0.1, -0.05) is 22.9 Å². The summed E-state index contributed by atoms with van der Waals surface area (Å²) in [6, 6.07) is 13.3. The van der Waals surface area contributed by atoms with E-state index in [0.717, 1.165) is 27.4 Å². The zero-order valence-electron chi connectivity index (χ0n) is 16.0. The zero-order valence-corrected chi connectivity index (χ0v) is 18.4. The number of benzene rings is 2. The molecule has 148 valence electrons. The van der Waals surface area contributed by atoms with Crippen LogP contribution < -0.4 is 9.64 Å². The second kappa shape index (κ2) is 9.60. The summed E-state index contributed by atoms with van der Waals surface area (Å²) in [6.07, 6.45) is 0. The summed E-state index contributed by atoms with van der Waals surface area (Å²) in [5, 5.41) is 1.38. The van der Waals surface area contributed by atoms with Gasteiger partial charge in [0.1, 0.15) is 5.75 Å². The third-order valence-corrected chi connectivity index (χ3v) is 6.34. The van der Waals surface area contributed by atoms with Crippen LogP contribution in [0.1, 0.15) is 0 Å². The maximum Gasteiger partial charge on any atom is 0.239 e. The van der Waals surface area contributed by atoms with Gasteiger partial charge in [0.05, 0.1) is 23.1 Å². The Morgan fingerprint density at radius 3 is 2.61 bits per heavy atom. The topological polar surface area (TPSA) is 45.7 Å². The quantitative estimate of drug-likeness (QED) is 0.482. The molecule has 5 nitrogen and oxygen atoms in total. The van der Waals surface area contributed by atoms with Crippen LogP contribution in [0.25, 0.3) is 10.2 Å². The van der Waals surface area contributed by atoms with E-state index in [0.29, 0.717) is 22.5 Å². The van der Waals surface area contributed by atoms with Crippen LogP contribution in [0.15, 0.2) is 47.4 Å². The molecule has 1 aromatic heterocycles. The molecule has 0 aliphatic rings. The number of rotatable bonds is 8. The standard InChI is InChI=1S/C20H22ClN3O2S2/c1-23(2)10-11-24(20-22-17-9-4-14(21)12-18(17)28-20)19(25)13-27-16-7-5-15(26-3)6-8-16/h4-9,12H,10-11,13H2,1-3H3. The lowest BCUT2D eigenvalue weighted by atomic mass is 10.3. The molecule has 0 spiro atoms. The van der Waals surface area contributed by atoms with Crippen molar-refractivity contribution >= 4 is 56.0 Å². The molecule has 8 heteroatoms. The number of carbonyl (C=O) groups is 1. The number of thiazole rings is 1. The van der Waals surface area contributed by atoms with Gasteiger partial charge in [-0.2, -0.15) is 0 Å². The molecule has 1 amide bonds. The Morgan fingerprint density at radius 2 is 1.93 bits per heavy atom. The van der Waals surface area contributed by atoms with Gasteiger partial charge in [-0.05, 0) is 56.6 Å². The second-order valence-electron chi connectivity index (χ2n) is 6.42. The summed E-state index contributed by atoms with van der Waals surface area (Å²) in [4.78, 5) is 22.5. The van der Waals surface area contributed by atoms with E-state index < -0.39 is 0 Å². The van der Waals surface area contributed by atoms with Gasteiger partial charge in [-0.3, -0.25) is 9.69 Å². The number of thioether (sulfide) groups is 1. The Bertz CT molecular complexity index is 944. The van der Waals surface area contributed by atoms with Crippen LogP contribution in [0.4, 0.5) is 5.13 Å². The minimum Gasteiger partial charge on any atom is -0.497 e. The Morgan fingerprint density at radius 1 is 1.18 bits per heavy atom. The van der Waals surface area contributed by atoms with E-state index >= 15 is 0 Å². The van der Waals surface area contributed by atoms with Crippen molar-refractivity contribution in [1.29, 1.82) is 0 Å². The van der Waals surface area contributed by atoms with E-state index in [-0.39, 0.29) is 5.91 Å². The van der Waals surface area contributed by atoms with Crippen molar-refractivity contribution in [1.82, 2.24) is 9.88 Å². The van der Waals surface area contributed by atoms with Gasteiger partial charge in [-0.15, -0.1) is 11.8 Å². The number of hydrogen-bond donors (Lipinski definition) is 0. The van der Waals surface area contributed by atoms with E-state index in [1.165, 1.54) is 23.1 Å². The molecule has 1 heterocycles. The monoisotopic (exact) mass is 435 g/mol. The molecule has 0 aliphatic heterocycles. The minimum atomic E-state index is 0.0350. The van der Waals surface area contributed by atoms with Crippen LogP contribution in [-0.2, 0) is 4.79 Å². The number of anilines is 1. The number of aromatic nitrogens is 1. The van der Waals surface area contributed by atoms with Crippen molar-refractivity contribution < 1.29 is 9.53 Å². The first-order valence-corrected chi connectivity index (χ1v) is 10.9. The Labute approximate surface area is 178 Å². The molecule has 28 heavy (non-hydrogen) atoms. The van der Waals surface area contributed by atoms with Crippen molar-refractivity contribution in [3.8, 4) is 5.75 Å². The summed E-state index contributed by atoms with van der Waals surface area (Å²) < 4.78 is 6.16. The normalized spacial score (nSPS) is 11.2. The molecule has 3 rings (SSSR count). The fourth-order valence-electron chi connectivity index (χ4n) is 2.52. The van der Waals surface area contributed by atoms with Gasteiger partial charge in [0.2, 0.25) is 5.91 Å². The molecular formula is C20H22ClN3O2S2. The Hall–Kier alpha value is -1.80. The number of halogens is 1. The molecule has 2 aromatic carbocycles. The minimum absolute atomic E-state index is 0.0350. The highest BCUT2D eigenvalue weighted by Gasteiger charge is 2.20. The molecule has 0 aliphatic carbocycles. The molecule has 0 fully saturated rings. The molecule has 0 saturated carbocycles. The van der Waals surface area contributed by atoms with Crippen molar-refractivity contribution in [3.63, 3.8) is 0 Å². The number of ether oxygens (including phenoxy) is 1. The number of methoxy groups -OCH3 is 1. The SMILES string of the molecule is COc1ccc(SCC(=O)N(CCN(C)C)c2nc3ccc(Cl)cc3s2)cc1. The molecule has 0 radical (unpaired) electrons. The van der Waals surface area contributed by atoms with Gasteiger partial charge >= 0.3 is 0 Å². The maximum absolute atomic E-state index is 13.0. The van der Waals surface area contributed by atoms with Gasteiger partial charge in [0.15, 0.2) is 5.13 Å². The van der Waals surface area contributed by atoms with Crippen molar-refractivity contribution in [2.45, 2.75) is 4.90 Å². The average Bonchev–Trinajstić information content (AvgIpc) is 3.09. The van der Waals surface area contributed by atoms with Crippen LogP contribution in [0.3, 0.4) is 0 Å². The maximum atomic E-state index is 13.0. The van der Waals surface area contributed by atoms with Crippen LogP contribution in [0.5, 0.6) is 5.75 Å². The summed E-state index contributed by atoms with van der Waals surface area (Å²) >= 11 is 9.09. The summed E-state index contributed by atoms with van der Waals surface area (Å²) in [5.74, 6) is 1.18. The lowest BCUT2D eigenvalue weighted by Crippen LogP contribution is -2.37. The van der Waals surface area contributed by atoms with Gasteiger partial charge < -0.3 is 9.64 Å². The number of nitrogens with zero attached hydrogens (tertiary/aromatic N) is 3. The highest BCUT2D eigenvalue weighted by Crippen LogP contribution is 2.31. The molecule has 0 bridgehead atoms. The molecule has 3 aromatic rings. The smallest absolute Gasteiger partial charge is 0.239 e. The van der Waals surface area contributed by atoms with Crippen LogP contribution >= 0.6 is 34.7 Å². The largest absolute Gasteiger partial charge is 0.497 e. The van der Waals surface area contributed by atoms with E-state index in [1.807, 2.05) is 56.6 Å². The first-order valence-electron chi connectivity index (χ1n) is 8.74. The lowest BCUT2D eigenvalue weighted by molar-refractivity contribution is -0.116. The first kappa shape index (κ1) is 20.9. The highest BCUT2D eigenvalue weighted by atomic mass is 35.5. The van der Waals surface area contributed by atoms with Gasteiger partial charge in [-0.25, -0.2) is 4.98 Å². The van der Waals surface area contributed by atoms with Crippen molar-refractivity contribution in [2.75, 3.05) is 44.9 Å². The van der Waals surface area contributed by atoms with Gasteiger partial charge in [0, 0.05) is 23.0 Å². The Balaban J connectivity index is 1.76. The highest BCUT2D eigenvalue weighted by molar-refractivity contribution is 8.00. The van der Waals surface area contributed by atoms with Crippen LogP contribution in [0, 0.1) is 0 Å². The number of likely N-dealkylation sites (N-methyl/N-ethyl adjacent to an activating group) is 1. The van der Waals surface area contributed by atoms with E-state index in [9.17, 15) is 4.79 Å². The molecule has 0 N–H and O–H groups in total. The average molecular weight is 436 g/mol. The predicted octanol–water partition coefficient (Wildman–Crippen LogP) is 4.65. The lowest BCUT2D eigenvalue weighted by Gasteiger charge is -2.21. The predicted molar refractivity (Wildman–Crippen MR) is 119 cm³/mol. The second-order valence-corrected chi connectivity index (χ2v) is 8.92. The third kappa shape index (κ3) is 5.38. The summed E-state index contributed by atoms with van der Waals surface area (Å²) in [6.45, 7) is 1.35. The molecule has 0 unspecified atom stereocenters. The van der Waals surface area contributed by atoms with Crippen molar-refractivity contribution in [3.05, 3.63) is 47.5 Å². The fraction of sp³-hybridized carbons (Fsp3) is 0.300.